The predicted molar refractivity (Wildman–Crippen MR) is 120 cm³/mol. The molecule has 3 heteroatoms. The van der Waals surface area contributed by atoms with Gasteiger partial charge in [-0.3, -0.25) is 4.57 Å². The lowest BCUT2D eigenvalue weighted by atomic mass is 9.98. The minimum Gasteiger partial charge on any atom is -0.456 e. The van der Waals surface area contributed by atoms with Crippen molar-refractivity contribution in [2.45, 2.75) is 33.6 Å². The summed E-state index contributed by atoms with van der Waals surface area (Å²) in [6.45, 7) is 6.51. The second kappa shape index (κ2) is 6.93. The quantitative estimate of drug-likeness (QED) is 0.340. The Balaban J connectivity index is 1.89. The summed E-state index contributed by atoms with van der Waals surface area (Å²) in [5.41, 5.74) is 8.03. The minimum absolute atomic E-state index is 0.934. The molecule has 0 bridgehead atoms. The Kier molecular flexibility index (Phi) is 4.24. The van der Waals surface area contributed by atoms with E-state index in [9.17, 15) is 0 Å². The third-order valence-electron chi connectivity index (χ3n) is 5.73. The third kappa shape index (κ3) is 2.77. The van der Waals surface area contributed by atoms with E-state index in [1.807, 2.05) is 12.3 Å². The fraction of sp³-hybridized carbons (Fsp3) is 0.192. The van der Waals surface area contributed by atoms with Gasteiger partial charge in [-0.25, -0.2) is 4.98 Å². The SMILES string of the molecule is CCc1cc(CC)c2oc3ccccc3c2c1-n1ccnc1-c1ccc(C)cc1. The molecule has 0 spiro atoms. The highest BCUT2D eigenvalue weighted by molar-refractivity contribution is 6.11. The number of furan rings is 1. The van der Waals surface area contributed by atoms with Crippen molar-refractivity contribution in [3.63, 3.8) is 0 Å². The Morgan fingerprint density at radius 2 is 1.69 bits per heavy atom. The highest BCUT2D eigenvalue weighted by Crippen LogP contribution is 2.39. The molecular weight excluding hydrogens is 356 g/mol. The van der Waals surface area contributed by atoms with E-state index in [1.165, 1.54) is 27.8 Å². The van der Waals surface area contributed by atoms with Crippen LogP contribution in [0.5, 0.6) is 0 Å². The molecule has 5 aromatic rings. The van der Waals surface area contributed by atoms with Crippen LogP contribution in [0.25, 0.3) is 39.0 Å². The molecule has 144 valence electrons. The van der Waals surface area contributed by atoms with Crippen molar-refractivity contribution in [2.24, 2.45) is 0 Å². The topological polar surface area (TPSA) is 31.0 Å². The zero-order valence-electron chi connectivity index (χ0n) is 17.1. The molecule has 0 aliphatic carbocycles. The Hall–Kier alpha value is -3.33. The van der Waals surface area contributed by atoms with Crippen LogP contribution >= 0.6 is 0 Å². The van der Waals surface area contributed by atoms with E-state index < -0.39 is 0 Å². The van der Waals surface area contributed by atoms with Gasteiger partial charge in [-0.1, -0.05) is 61.9 Å². The molecule has 0 N–H and O–H groups in total. The van der Waals surface area contributed by atoms with Crippen LogP contribution in [0.2, 0.25) is 0 Å². The van der Waals surface area contributed by atoms with Gasteiger partial charge in [0.1, 0.15) is 17.0 Å². The average Bonchev–Trinajstić information content (AvgIpc) is 3.38. The zero-order valence-corrected chi connectivity index (χ0v) is 17.1. The number of fused-ring (bicyclic) bond motifs is 3. The van der Waals surface area contributed by atoms with Gasteiger partial charge >= 0.3 is 0 Å². The molecule has 0 unspecified atom stereocenters. The monoisotopic (exact) mass is 380 g/mol. The summed E-state index contributed by atoms with van der Waals surface area (Å²) in [5, 5.41) is 2.34. The van der Waals surface area contributed by atoms with Crippen LogP contribution < -0.4 is 0 Å². The Bertz CT molecular complexity index is 1320. The summed E-state index contributed by atoms with van der Waals surface area (Å²) in [7, 11) is 0. The number of benzene rings is 3. The first kappa shape index (κ1) is 17.7. The molecule has 0 aliphatic rings. The molecule has 29 heavy (non-hydrogen) atoms. The van der Waals surface area contributed by atoms with Crippen molar-refractivity contribution in [3.8, 4) is 17.1 Å². The highest BCUT2D eigenvalue weighted by atomic mass is 16.3. The molecule has 3 aromatic carbocycles. The Labute approximate surface area is 170 Å². The van der Waals surface area contributed by atoms with Crippen LogP contribution in [-0.2, 0) is 12.8 Å². The summed E-state index contributed by atoms with van der Waals surface area (Å²) >= 11 is 0. The van der Waals surface area contributed by atoms with E-state index >= 15 is 0 Å². The molecule has 0 aliphatic heterocycles. The number of hydrogen-bond acceptors (Lipinski definition) is 2. The van der Waals surface area contributed by atoms with Crippen LogP contribution in [-0.4, -0.2) is 9.55 Å². The van der Waals surface area contributed by atoms with Gasteiger partial charge in [0.2, 0.25) is 0 Å². The van der Waals surface area contributed by atoms with E-state index in [0.29, 0.717) is 0 Å². The van der Waals surface area contributed by atoms with Crippen LogP contribution in [0.4, 0.5) is 0 Å². The molecule has 0 amide bonds. The maximum Gasteiger partial charge on any atom is 0.144 e. The number of rotatable bonds is 4. The zero-order chi connectivity index (χ0) is 20.0. The Morgan fingerprint density at radius 3 is 2.45 bits per heavy atom. The van der Waals surface area contributed by atoms with Crippen molar-refractivity contribution < 1.29 is 4.42 Å². The van der Waals surface area contributed by atoms with E-state index in [2.05, 4.69) is 80.1 Å². The Morgan fingerprint density at radius 1 is 0.931 bits per heavy atom. The maximum absolute atomic E-state index is 6.34. The number of hydrogen-bond donors (Lipinski definition) is 0. The molecule has 2 aromatic heterocycles. The van der Waals surface area contributed by atoms with Gasteiger partial charge in [-0.15, -0.1) is 0 Å². The van der Waals surface area contributed by atoms with Gasteiger partial charge < -0.3 is 4.42 Å². The lowest BCUT2D eigenvalue weighted by molar-refractivity contribution is 0.663. The molecular formula is C26H24N2O. The fourth-order valence-electron chi connectivity index (χ4n) is 4.22. The second-order valence-corrected chi connectivity index (χ2v) is 7.54. The predicted octanol–water partition coefficient (Wildman–Crippen LogP) is 6.87. The number of aryl methyl sites for hydroxylation is 3. The van der Waals surface area contributed by atoms with Gasteiger partial charge in [-0.2, -0.15) is 0 Å². The first-order chi connectivity index (χ1) is 14.2. The standard InChI is InChI=1S/C26H24N2O/c1-4-18-16-19(5-2)25-23(21-8-6-7-9-22(21)29-25)24(18)28-15-14-27-26(28)20-12-10-17(3)11-13-20/h6-16H,4-5H2,1-3H3. The van der Waals surface area contributed by atoms with Gasteiger partial charge in [0.25, 0.3) is 0 Å². The summed E-state index contributed by atoms with van der Waals surface area (Å²) in [5.74, 6) is 0.954. The molecule has 2 heterocycles. The van der Waals surface area contributed by atoms with E-state index in [1.54, 1.807) is 0 Å². The van der Waals surface area contributed by atoms with Gasteiger partial charge in [0.05, 0.1) is 11.1 Å². The minimum atomic E-state index is 0.934. The second-order valence-electron chi connectivity index (χ2n) is 7.54. The normalized spacial score (nSPS) is 11.6. The van der Waals surface area contributed by atoms with Crippen LogP contribution in [0.3, 0.4) is 0 Å². The lowest BCUT2D eigenvalue weighted by Gasteiger charge is -2.16. The summed E-state index contributed by atoms with van der Waals surface area (Å²) in [6, 6.07) is 19.2. The van der Waals surface area contributed by atoms with Gasteiger partial charge in [0.15, 0.2) is 0 Å². The van der Waals surface area contributed by atoms with Crippen molar-refractivity contribution in [1.29, 1.82) is 0 Å². The first-order valence-electron chi connectivity index (χ1n) is 10.3. The van der Waals surface area contributed by atoms with Crippen molar-refractivity contribution in [3.05, 3.63) is 83.7 Å². The van der Waals surface area contributed by atoms with Gasteiger partial charge in [0, 0.05) is 23.3 Å². The fourth-order valence-corrected chi connectivity index (χ4v) is 4.22. The van der Waals surface area contributed by atoms with Crippen LogP contribution in [0.1, 0.15) is 30.5 Å². The molecule has 0 radical (unpaired) electrons. The third-order valence-corrected chi connectivity index (χ3v) is 5.73. The maximum atomic E-state index is 6.34. The van der Waals surface area contributed by atoms with Gasteiger partial charge in [-0.05, 0) is 43.0 Å². The molecule has 0 fully saturated rings. The lowest BCUT2D eigenvalue weighted by Crippen LogP contribution is -2.03. The van der Waals surface area contributed by atoms with Crippen LogP contribution in [0.15, 0.2) is 71.4 Å². The molecule has 0 saturated heterocycles. The first-order valence-corrected chi connectivity index (χ1v) is 10.3. The number of nitrogens with zero attached hydrogens (tertiary/aromatic N) is 2. The van der Waals surface area contributed by atoms with E-state index in [0.717, 1.165) is 40.8 Å². The van der Waals surface area contributed by atoms with Crippen molar-refractivity contribution >= 4 is 21.9 Å². The molecule has 0 atom stereocenters. The van der Waals surface area contributed by atoms with Crippen molar-refractivity contribution in [1.82, 2.24) is 9.55 Å². The smallest absolute Gasteiger partial charge is 0.144 e. The largest absolute Gasteiger partial charge is 0.456 e. The summed E-state index contributed by atoms with van der Waals surface area (Å²) < 4.78 is 8.57. The average molecular weight is 380 g/mol. The van der Waals surface area contributed by atoms with E-state index in [4.69, 9.17) is 9.40 Å². The number of para-hydroxylation sites is 1. The summed E-state index contributed by atoms with van der Waals surface area (Å²) in [4.78, 5) is 4.71. The van der Waals surface area contributed by atoms with E-state index in [-0.39, 0.29) is 0 Å². The van der Waals surface area contributed by atoms with Crippen molar-refractivity contribution in [2.75, 3.05) is 0 Å². The molecule has 0 saturated carbocycles. The molecule has 3 nitrogen and oxygen atoms in total. The summed E-state index contributed by atoms with van der Waals surface area (Å²) in [6.07, 6.45) is 5.84. The highest BCUT2D eigenvalue weighted by Gasteiger charge is 2.20. The molecule has 5 rings (SSSR count). The van der Waals surface area contributed by atoms with Crippen LogP contribution in [0, 0.1) is 6.92 Å². The number of aromatic nitrogens is 2. The number of imidazole rings is 1.